The van der Waals surface area contributed by atoms with Gasteiger partial charge in [0.05, 0.1) is 17.3 Å². The first kappa shape index (κ1) is 16.5. The molecule has 5 nitrogen and oxygen atoms in total. The Hall–Kier alpha value is -1.59. The lowest BCUT2D eigenvalue weighted by molar-refractivity contribution is -0.881. The molecule has 1 aromatic rings. The van der Waals surface area contributed by atoms with Gasteiger partial charge in [-0.3, -0.25) is 9.59 Å². The first-order valence-corrected chi connectivity index (χ1v) is 7.09. The van der Waals surface area contributed by atoms with Crippen molar-refractivity contribution < 1.29 is 14.5 Å². The van der Waals surface area contributed by atoms with Gasteiger partial charge in [0.1, 0.15) is 0 Å². The van der Waals surface area contributed by atoms with Crippen molar-refractivity contribution in [1.82, 2.24) is 5.32 Å². The van der Waals surface area contributed by atoms with Gasteiger partial charge in [-0.05, 0) is 26.0 Å². The van der Waals surface area contributed by atoms with Crippen LogP contribution in [0, 0.1) is 0 Å². The minimum atomic E-state index is -0.153. The molecular weight excluding hydrogens is 278 g/mol. The number of likely N-dealkylation sites (N-methyl/N-ethyl adjacent to an activating group) is 2. The number of carbonyl (C=O) groups excluding carboxylic acids is 2. The Morgan fingerprint density at radius 3 is 2.40 bits per heavy atom. The lowest BCUT2D eigenvalue weighted by atomic mass is 10.3. The highest BCUT2D eigenvalue weighted by Crippen LogP contribution is 2.19. The molecule has 1 unspecified atom stereocenters. The molecule has 0 aromatic heterocycles. The van der Waals surface area contributed by atoms with E-state index in [0.29, 0.717) is 30.3 Å². The molecule has 0 spiro atoms. The summed E-state index contributed by atoms with van der Waals surface area (Å²) in [6.45, 7) is 5.64. The predicted molar refractivity (Wildman–Crippen MR) is 80.0 cm³/mol. The first-order valence-electron chi connectivity index (χ1n) is 6.71. The molecule has 0 aliphatic heterocycles. The summed E-state index contributed by atoms with van der Waals surface area (Å²) in [5.41, 5.74) is 0.590. The summed E-state index contributed by atoms with van der Waals surface area (Å²) in [7, 11) is 0. The average Bonchev–Trinajstić information content (AvgIpc) is 2.41. The molecule has 6 heteroatoms. The van der Waals surface area contributed by atoms with Crippen molar-refractivity contribution in [3.8, 4) is 0 Å². The zero-order chi connectivity index (χ0) is 15.0. The monoisotopic (exact) mass is 298 g/mol. The molecule has 2 amide bonds. The maximum absolute atomic E-state index is 12.0. The Morgan fingerprint density at radius 1 is 1.15 bits per heavy atom. The summed E-state index contributed by atoms with van der Waals surface area (Å²) in [6.07, 6.45) is 0. The SMILES string of the molecule is CCNC(=O)C[NH+](CC)CC(=O)Nc1ccccc1Cl. The summed E-state index contributed by atoms with van der Waals surface area (Å²) >= 11 is 5.98. The maximum Gasteiger partial charge on any atom is 0.279 e. The average molecular weight is 299 g/mol. The van der Waals surface area contributed by atoms with Crippen molar-refractivity contribution in [2.24, 2.45) is 0 Å². The van der Waals surface area contributed by atoms with Crippen LogP contribution in [-0.4, -0.2) is 38.0 Å². The van der Waals surface area contributed by atoms with E-state index in [1.807, 2.05) is 13.8 Å². The van der Waals surface area contributed by atoms with Gasteiger partial charge in [0, 0.05) is 6.54 Å². The molecule has 0 aliphatic carbocycles. The van der Waals surface area contributed by atoms with E-state index in [-0.39, 0.29) is 18.4 Å². The number of nitrogens with one attached hydrogen (secondary N) is 3. The standard InChI is InChI=1S/C14H20ClN3O2/c1-3-16-13(19)9-18(4-2)10-14(20)17-12-8-6-5-7-11(12)15/h5-8H,3-4,9-10H2,1-2H3,(H,16,19)(H,17,20)/p+1. The zero-order valence-electron chi connectivity index (χ0n) is 11.8. The highest BCUT2D eigenvalue weighted by Gasteiger charge is 2.16. The highest BCUT2D eigenvalue weighted by molar-refractivity contribution is 6.33. The van der Waals surface area contributed by atoms with Crippen molar-refractivity contribution >= 4 is 29.1 Å². The van der Waals surface area contributed by atoms with Crippen LogP contribution in [0.1, 0.15) is 13.8 Å². The summed E-state index contributed by atoms with van der Waals surface area (Å²) in [6, 6.07) is 7.07. The molecule has 0 saturated heterocycles. The topological polar surface area (TPSA) is 62.6 Å². The third kappa shape index (κ3) is 5.59. The van der Waals surface area contributed by atoms with Crippen LogP contribution in [0.2, 0.25) is 5.02 Å². The Bertz CT molecular complexity index is 465. The molecule has 3 N–H and O–H groups in total. The van der Waals surface area contributed by atoms with Crippen molar-refractivity contribution in [2.45, 2.75) is 13.8 Å². The fourth-order valence-corrected chi connectivity index (χ4v) is 1.97. The lowest BCUT2D eigenvalue weighted by Gasteiger charge is -2.16. The fraction of sp³-hybridized carbons (Fsp3) is 0.429. The Kier molecular flexibility index (Phi) is 7.04. The molecular formula is C14H21ClN3O2+. The molecule has 20 heavy (non-hydrogen) atoms. The molecule has 0 saturated carbocycles. The number of benzene rings is 1. The van der Waals surface area contributed by atoms with Crippen LogP contribution in [0.3, 0.4) is 0 Å². The molecule has 0 aliphatic rings. The Balaban J connectivity index is 2.51. The Labute approximate surface area is 124 Å². The number of rotatable bonds is 7. The molecule has 0 radical (unpaired) electrons. The highest BCUT2D eigenvalue weighted by atomic mass is 35.5. The van der Waals surface area contributed by atoms with Crippen molar-refractivity contribution in [2.75, 3.05) is 31.5 Å². The van der Waals surface area contributed by atoms with Gasteiger partial charge in [-0.25, -0.2) is 0 Å². The van der Waals surface area contributed by atoms with E-state index < -0.39 is 0 Å². The van der Waals surface area contributed by atoms with E-state index in [0.717, 1.165) is 4.90 Å². The van der Waals surface area contributed by atoms with E-state index in [2.05, 4.69) is 10.6 Å². The second kappa shape index (κ2) is 8.55. The number of anilines is 1. The van der Waals surface area contributed by atoms with Gasteiger partial charge in [0.25, 0.3) is 11.8 Å². The van der Waals surface area contributed by atoms with Gasteiger partial charge in [0.2, 0.25) is 0 Å². The Morgan fingerprint density at radius 2 is 1.80 bits per heavy atom. The predicted octanol–water partition coefficient (Wildman–Crippen LogP) is 0.319. The van der Waals surface area contributed by atoms with Crippen LogP contribution in [0.25, 0.3) is 0 Å². The van der Waals surface area contributed by atoms with Crippen molar-refractivity contribution in [3.05, 3.63) is 29.3 Å². The molecule has 1 atom stereocenters. The van der Waals surface area contributed by atoms with Gasteiger partial charge < -0.3 is 15.5 Å². The number of hydrogen-bond donors (Lipinski definition) is 3. The van der Waals surface area contributed by atoms with E-state index >= 15 is 0 Å². The molecule has 1 rings (SSSR count). The van der Waals surface area contributed by atoms with Gasteiger partial charge >= 0.3 is 0 Å². The quantitative estimate of drug-likeness (QED) is 0.679. The zero-order valence-corrected chi connectivity index (χ0v) is 12.6. The van der Waals surface area contributed by atoms with E-state index in [4.69, 9.17) is 11.6 Å². The third-order valence-electron chi connectivity index (χ3n) is 2.84. The largest absolute Gasteiger partial charge is 0.351 e. The normalized spacial score (nSPS) is 11.8. The van der Waals surface area contributed by atoms with Crippen LogP contribution in [0.5, 0.6) is 0 Å². The molecule has 110 valence electrons. The molecule has 1 aromatic carbocycles. The number of hydrogen-bond acceptors (Lipinski definition) is 2. The van der Waals surface area contributed by atoms with E-state index in [9.17, 15) is 9.59 Å². The maximum atomic E-state index is 12.0. The van der Waals surface area contributed by atoms with Gasteiger partial charge in [-0.1, -0.05) is 23.7 Å². The summed E-state index contributed by atoms with van der Waals surface area (Å²) in [5.74, 6) is -0.200. The number of amides is 2. The second-order valence-electron chi connectivity index (χ2n) is 4.44. The van der Waals surface area contributed by atoms with Crippen molar-refractivity contribution in [3.63, 3.8) is 0 Å². The van der Waals surface area contributed by atoms with E-state index in [1.165, 1.54) is 0 Å². The summed E-state index contributed by atoms with van der Waals surface area (Å²) in [4.78, 5) is 24.4. The number of halogens is 1. The number of carbonyl (C=O) groups is 2. The first-order chi connectivity index (χ1) is 9.56. The lowest BCUT2D eigenvalue weighted by Crippen LogP contribution is -3.14. The number of quaternary nitrogens is 1. The van der Waals surface area contributed by atoms with Crippen LogP contribution in [-0.2, 0) is 9.59 Å². The van der Waals surface area contributed by atoms with Crippen LogP contribution in [0.15, 0.2) is 24.3 Å². The molecule has 0 bridgehead atoms. The van der Waals surface area contributed by atoms with Crippen LogP contribution >= 0.6 is 11.6 Å². The minimum Gasteiger partial charge on any atom is -0.351 e. The van der Waals surface area contributed by atoms with Crippen LogP contribution in [0.4, 0.5) is 5.69 Å². The molecule has 0 heterocycles. The second-order valence-corrected chi connectivity index (χ2v) is 4.85. The van der Waals surface area contributed by atoms with Crippen LogP contribution < -0.4 is 15.5 Å². The van der Waals surface area contributed by atoms with Gasteiger partial charge in [-0.15, -0.1) is 0 Å². The summed E-state index contributed by atoms with van der Waals surface area (Å²) < 4.78 is 0. The van der Waals surface area contributed by atoms with Gasteiger partial charge in [0.15, 0.2) is 13.1 Å². The van der Waals surface area contributed by atoms with Crippen molar-refractivity contribution in [1.29, 1.82) is 0 Å². The molecule has 0 fully saturated rings. The minimum absolute atomic E-state index is 0.0464. The van der Waals surface area contributed by atoms with Gasteiger partial charge in [-0.2, -0.15) is 0 Å². The summed E-state index contributed by atoms with van der Waals surface area (Å²) in [5, 5.41) is 5.99. The fourth-order valence-electron chi connectivity index (χ4n) is 1.78. The number of para-hydroxylation sites is 1. The third-order valence-corrected chi connectivity index (χ3v) is 3.17. The smallest absolute Gasteiger partial charge is 0.279 e. The van der Waals surface area contributed by atoms with E-state index in [1.54, 1.807) is 24.3 Å².